The van der Waals surface area contributed by atoms with Crippen molar-refractivity contribution < 1.29 is 23.2 Å². The van der Waals surface area contributed by atoms with Crippen LogP contribution in [0.15, 0.2) is 59.5 Å². The van der Waals surface area contributed by atoms with Crippen molar-refractivity contribution in [2.45, 2.75) is 11.5 Å². The zero-order valence-electron chi connectivity index (χ0n) is 10.9. The minimum absolute atomic E-state index is 0.0370. The van der Waals surface area contributed by atoms with Crippen molar-refractivity contribution in [1.82, 2.24) is 4.89 Å². The molecule has 0 saturated heterocycles. The molecule has 2 rings (SSSR count). The minimum atomic E-state index is -4.06. The van der Waals surface area contributed by atoms with Crippen LogP contribution in [-0.4, -0.2) is 19.5 Å². The summed E-state index contributed by atoms with van der Waals surface area (Å²) in [5, 5.41) is 9.00. The summed E-state index contributed by atoms with van der Waals surface area (Å²) in [5.41, 5.74) is 0.472. The molecule has 0 saturated carbocycles. The number of benzene rings is 2. The molecule has 6 nitrogen and oxygen atoms in total. The smallest absolute Gasteiger partial charge is 0.337 e. The second-order valence-electron chi connectivity index (χ2n) is 4.16. The van der Waals surface area contributed by atoms with E-state index < -0.39 is 16.0 Å². The molecule has 2 aromatic carbocycles. The summed E-state index contributed by atoms with van der Waals surface area (Å²) in [6.07, 6.45) is 0. The number of sulfonamides is 1. The van der Waals surface area contributed by atoms with Crippen LogP contribution < -0.4 is 4.89 Å². The van der Waals surface area contributed by atoms with Gasteiger partial charge in [-0.3, -0.25) is 4.84 Å². The third kappa shape index (κ3) is 3.88. The van der Waals surface area contributed by atoms with Crippen molar-refractivity contribution in [3.8, 4) is 0 Å². The van der Waals surface area contributed by atoms with E-state index in [0.717, 1.165) is 5.56 Å². The van der Waals surface area contributed by atoms with E-state index in [-0.39, 0.29) is 17.1 Å². The molecular formula is C14H13NO5S. The summed E-state index contributed by atoms with van der Waals surface area (Å²) in [6.45, 7) is 0.0370. The number of carboxylic acid groups (broad SMARTS) is 1. The molecule has 0 aromatic heterocycles. The van der Waals surface area contributed by atoms with Crippen LogP contribution in [0.3, 0.4) is 0 Å². The van der Waals surface area contributed by atoms with Gasteiger partial charge in [0.2, 0.25) is 0 Å². The average Bonchev–Trinajstić information content (AvgIpc) is 2.48. The maximum atomic E-state index is 12.0. The van der Waals surface area contributed by atoms with Crippen LogP contribution in [0, 0.1) is 0 Å². The molecule has 21 heavy (non-hydrogen) atoms. The van der Waals surface area contributed by atoms with Crippen molar-refractivity contribution in [1.29, 1.82) is 0 Å². The van der Waals surface area contributed by atoms with Gasteiger partial charge < -0.3 is 5.11 Å². The van der Waals surface area contributed by atoms with Crippen LogP contribution in [-0.2, 0) is 21.5 Å². The molecule has 0 unspecified atom stereocenters. The van der Waals surface area contributed by atoms with Gasteiger partial charge in [-0.15, -0.1) is 0 Å². The summed E-state index contributed by atoms with van der Waals surface area (Å²) in [5.74, 6) is -1.32. The van der Waals surface area contributed by atoms with Gasteiger partial charge in [0.1, 0.15) is 0 Å². The van der Waals surface area contributed by atoms with Gasteiger partial charge in [-0.25, -0.2) is 13.2 Å². The van der Waals surface area contributed by atoms with Crippen molar-refractivity contribution in [3.63, 3.8) is 0 Å². The van der Waals surface area contributed by atoms with Crippen LogP contribution in [0.5, 0.6) is 0 Å². The van der Waals surface area contributed by atoms with Gasteiger partial charge in [0.25, 0.3) is 10.0 Å². The Bertz CT molecular complexity index is 728. The first-order valence-corrected chi connectivity index (χ1v) is 7.49. The van der Waals surface area contributed by atoms with Crippen molar-refractivity contribution >= 4 is 16.0 Å². The number of rotatable bonds is 6. The standard InChI is InChI=1S/C14H13NO5S/c16-14(17)12-8-4-5-9-13(12)21(18,19)15-20-10-11-6-2-1-3-7-11/h1-9,15H,10H2,(H,16,17). The largest absolute Gasteiger partial charge is 0.478 e. The summed E-state index contributed by atoms with van der Waals surface area (Å²) in [7, 11) is -4.06. The molecule has 0 amide bonds. The summed E-state index contributed by atoms with van der Waals surface area (Å²) >= 11 is 0. The Labute approximate surface area is 122 Å². The van der Waals surface area contributed by atoms with Crippen molar-refractivity contribution in [2.75, 3.05) is 0 Å². The lowest BCUT2D eigenvalue weighted by Crippen LogP contribution is -2.25. The second-order valence-corrected chi connectivity index (χ2v) is 5.78. The van der Waals surface area contributed by atoms with Crippen LogP contribution in [0.2, 0.25) is 0 Å². The zero-order chi connectivity index (χ0) is 15.3. The van der Waals surface area contributed by atoms with Crippen LogP contribution >= 0.6 is 0 Å². The zero-order valence-corrected chi connectivity index (χ0v) is 11.7. The fraction of sp³-hybridized carbons (Fsp3) is 0.0714. The Balaban J connectivity index is 2.11. The molecule has 0 aliphatic heterocycles. The summed E-state index contributed by atoms with van der Waals surface area (Å²) in [4.78, 5) is 17.6. The molecule has 0 spiro atoms. The lowest BCUT2D eigenvalue weighted by Gasteiger charge is -2.09. The Morgan fingerprint density at radius 1 is 1.05 bits per heavy atom. The maximum Gasteiger partial charge on any atom is 0.337 e. The van der Waals surface area contributed by atoms with E-state index in [1.807, 2.05) is 11.0 Å². The van der Waals surface area contributed by atoms with Crippen LogP contribution in [0.25, 0.3) is 0 Å². The molecule has 2 N–H and O–H groups in total. The molecular weight excluding hydrogens is 294 g/mol. The fourth-order valence-corrected chi connectivity index (χ4v) is 2.69. The van der Waals surface area contributed by atoms with Gasteiger partial charge in [-0.2, -0.15) is 0 Å². The quantitative estimate of drug-likeness (QED) is 0.794. The van der Waals surface area contributed by atoms with Gasteiger partial charge in [-0.05, 0) is 17.7 Å². The molecule has 0 aliphatic rings. The number of carboxylic acids is 1. The lowest BCUT2D eigenvalue weighted by molar-refractivity contribution is 0.0689. The van der Waals surface area contributed by atoms with E-state index in [9.17, 15) is 13.2 Å². The number of nitrogens with one attached hydrogen (secondary N) is 1. The molecule has 2 aromatic rings. The third-order valence-corrected chi connectivity index (χ3v) is 3.93. The van der Waals surface area contributed by atoms with Gasteiger partial charge in [0.15, 0.2) is 0 Å². The first-order valence-electron chi connectivity index (χ1n) is 6.00. The predicted octanol–water partition coefficient (Wildman–Crippen LogP) is 1.79. The van der Waals surface area contributed by atoms with Crippen molar-refractivity contribution in [2.24, 2.45) is 0 Å². The highest BCUT2D eigenvalue weighted by atomic mass is 32.2. The Hall–Kier alpha value is -2.22. The summed E-state index contributed by atoms with van der Waals surface area (Å²) in [6, 6.07) is 14.3. The number of hydrogen-bond donors (Lipinski definition) is 2. The Morgan fingerprint density at radius 3 is 2.33 bits per heavy atom. The van der Waals surface area contributed by atoms with E-state index in [1.54, 1.807) is 24.3 Å². The highest BCUT2D eigenvalue weighted by Crippen LogP contribution is 2.15. The third-order valence-electron chi connectivity index (χ3n) is 2.66. The number of aromatic carboxylic acids is 1. The molecule has 7 heteroatoms. The topological polar surface area (TPSA) is 92.7 Å². The first kappa shape index (κ1) is 15.2. The van der Waals surface area contributed by atoms with Crippen LogP contribution in [0.4, 0.5) is 0 Å². The molecule has 0 fully saturated rings. The average molecular weight is 307 g/mol. The van der Waals surface area contributed by atoms with Gasteiger partial charge in [0.05, 0.1) is 17.1 Å². The molecule has 0 aliphatic carbocycles. The first-order chi connectivity index (χ1) is 10.0. The van der Waals surface area contributed by atoms with E-state index >= 15 is 0 Å². The number of hydrogen-bond acceptors (Lipinski definition) is 4. The monoisotopic (exact) mass is 307 g/mol. The number of carbonyl (C=O) groups is 1. The lowest BCUT2D eigenvalue weighted by atomic mass is 10.2. The van der Waals surface area contributed by atoms with E-state index in [0.29, 0.717) is 0 Å². The second kappa shape index (κ2) is 6.49. The Morgan fingerprint density at radius 2 is 1.67 bits per heavy atom. The SMILES string of the molecule is O=C(O)c1ccccc1S(=O)(=O)NOCc1ccccc1. The highest BCUT2D eigenvalue weighted by Gasteiger charge is 2.21. The van der Waals surface area contributed by atoms with Crippen LogP contribution in [0.1, 0.15) is 15.9 Å². The minimum Gasteiger partial charge on any atom is -0.478 e. The molecule has 0 radical (unpaired) electrons. The van der Waals surface area contributed by atoms with Gasteiger partial charge in [-0.1, -0.05) is 47.3 Å². The molecule has 0 bridgehead atoms. The Kier molecular flexibility index (Phi) is 4.69. The molecule has 0 heterocycles. The summed E-state index contributed by atoms with van der Waals surface area (Å²) < 4.78 is 24.1. The predicted molar refractivity (Wildman–Crippen MR) is 75.0 cm³/mol. The molecule has 0 atom stereocenters. The van der Waals surface area contributed by atoms with E-state index in [4.69, 9.17) is 9.94 Å². The maximum absolute atomic E-state index is 12.0. The van der Waals surface area contributed by atoms with E-state index in [1.165, 1.54) is 24.3 Å². The van der Waals surface area contributed by atoms with E-state index in [2.05, 4.69) is 0 Å². The molecule has 110 valence electrons. The van der Waals surface area contributed by atoms with Crippen molar-refractivity contribution in [3.05, 3.63) is 65.7 Å². The highest BCUT2D eigenvalue weighted by molar-refractivity contribution is 7.89. The fourth-order valence-electron chi connectivity index (χ4n) is 1.69. The van der Waals surface area contributed by atoms with Gasteiger partial charge >= 0.3 is 5.97 Å². The normalized spacial score (nSPS) is 11.2. The van der Waals surface area contributed by atoms with Gasteiger partial charge in [0, 0.05) is 0 Å².